The van der Waals surface area contributed by atoms with E-state index in [4.69, 9.17) is 10.5 Å². The topological polar surface area (TPSA) is 50.5 Å². The number of ether oxygens (including phenoxy) is 1. The number of anilines is 2. The minimum atomic E-state index is 0.776. The Morgan fingerprint density at radius 2 is 1.94 bits per heavy atom. The molecule has 0 saturated heterocycles. The predicted molar refractivity (Wildman–Crippen MR) is 68.7 cm³/mol. The third-order valence-corrected chi connectivity index (χ3v) is 2.41. The Morgan fingerprint density at radius 3 is 2.56 bits per heavy atom. The van der Waals surface area contributed by atoms with E-state index in [1.165, 1.54) is 0 Å². The number of nitrogen functional groups attached to an aromatic ring is 1. The number of likely N-dealkylation sites (N-methyl/N-ethyl adjacent to an activating group) is 1. The molecule has 0 unspecified atom stereocenters. The van der Waals surface area contributed by atoms with Gasteiger partial charge in [-0.2, -0.15) is 0 Å². The van der Waals surface area contributed by atoms with Crippen LogP contribution in [0.2, 0.25) is 0 Å². The van der Waals surface area contributed by atoms with Crippen molar-refractivity contribution in [2.24, 2.45) is 0 Å². The van der Waals surface area contributed by atoms with Gasteiger partial charge in [-0.25, -0.2) is 0 Å². The molecule has 1 aromatic rings. The summed E-state index contributed by atoms with van der Waals surface area (Å²) in [5.41, 5.74) is 7.51. The minimum Gasteiger partial charge on any atom is -0.399 e. The molecule has 0 spiro atoms. The summed E-state index contributed by atoms with van der Waals surface area (Å²) < 4.78 is 5.01. The van der Waals surface area contributed by atoms with Gasteiger partial charge in [0.1, 0.15) is 0 Å². The summed E-state index contributed by atoms with van der Waals surface area (Å²) in [6.07, 6.45) is 0. The van der Waals surface area contributed by atoms with Gasteiger partial charge in [0.05, 0.1) is 6.61 Å². The SMILES string of the molecule is COCCN(C)CCNc1ccc(N)cc1. The van der Waals surface area contributed by atoms with Gasteiger partial charge < -0.3 is 20.7 Å². The second kappa shape index (κ2) is 7.09. The first-order valence-corrected chi connectivity index (χ1v) is 5.49. The standard InChI is InChI=1S/C12H21N3O/c1-15(9-10-16-2)8-7-14-12-5-3-11(13)4-6-12/h3-6,14H,7-10,13H2,1-2H3. The molecular weight excluding hydrogens is 202 g/mol. The van der Waals surface area contributed by atoms with Crippen molar-refractivity contribution in [3.63, 3.8) is 0 Å². The summed E-state index contributed by atoms with van der Waals surface area (Å²) in [5, 5.41) is 3.34. The number of hydrogen-bond donors (Lipinski definition) is 2. The van der Waals surface area contributed by atoms with Crippen LogP contribution in [0.25, 0.3) is 0 Å². The first-order chi connectivity index (χ1) is 7.72. The van der Waals surface area contributed by atoms with Crippen molar-refractivity contribution in [2.45, 2.75) is 0 Å². The molecule has 16 heavy (non-hydrogen) atoms. The van der Waals surface area contributed by atoms with Crippen LogP contribution in [0, 0.1) is 0 Å². The van der Waals surface area contributed by atoms with Crippen LogP contribution in [0.3, 0.4) is 0 Å². The van der Waals surface area contributed by atoms with Crippen LogP contribution >= 0.6 is 0 Å². The Bertz CT molecular complexity index is 287. The maximum absolute atomic E-state index is 5.61. The Morgan fingerprint density at radius 1 is 1.25 bits per heavy atom. The highest BCUT2D eigenvalue weighted by molar-refractivity contribution is 5.51. The summed E-state index contributed by atoms with van der Waals surface area (Å²) >= 11 is 0. The second-order valence-electron chi connectivity index (χ2n) is 3.84. The van der Waals surface area contributed by atoms with Gasteiger partial charge in [0.15, 0.2) is 0 Å². The van der Waals surface area contributed by atoms with Crippen LogP contribution in [-0.4, -0.2) is 45.3 Å². The molecule has 0 aliphatic carbocycles. The van der Waals surface area contributed by atoms with Crippen LogP contribution in [0.4, 0.5) is 11.4 Å². The van der Waals surface area contributed by atoms with E-state index in [2.05, 4.69) is 17.3 Å². The Balaban J connectivity index is 2.17. The molecule has 0 radical (unpaired) electrons. The number of benzene rings is 1. The monoisotopic (exact) mass is 223 g/mol. The van der Waals surface area contributed by atoms with Gasteiger partial charge in [0, 0.05) is 38.1 Å². The van der Waals surface area contributed by atoms with Crippen molar-refractivity contribution >= 4 is 11.4 Å². The first kappa shape index (κ1) is 12.8. The minimum absolute atomic E-state index is 0.776. The summed E-state index contributed by atoms with van der Waals surface area (Å²) in [4.78, 5) is 2.23. The molecule has 0 saturated carbocycles. The molecule has 4 heteroatoms. The third kappa shape index (κ3) is 5.00. The number of nitrogens with two attached hydrogens (primary N) is 1. The van der Waals surface area contributed by atoms with E-state index < -0.39 is 0 Å². The van der Waals surface area contributed by atoms with Gasteiger partial charge in [-0.3, -0.25) is 0 Å². The molecule has 0 aromatic heterocycles. The maximum atomic E-state index is 5.61. The smallest absolute Gasteiger partial charge is 0.0589 e. The van der Waals surface area contributed by atoms with Gasteiger partial charge >= 0.3 is 0 Å². The second-order valence-corrected chi connectivity index (χ2v) is 3.84. The molecule has 0 aliphatic heterocycles. The van der Waals surface area contributed by atoms with Crippen LogP contribution in [-0.2, 0) is 4.74 Å². The highest BCUT2D eigenvalue weighted by atomic mass is 16.5. The summed E-state index contributed by atoms with van der Waals surface area (Å²) in [7, 11) is 3.81. The van der Waals surface area contributed by atoms with Crippen LogP contribution in [0.15, 0.2) is 24.3 Å². The zero-order chi connectivity index (χ0) is 11.8. The Kier molecular flexibility index (Phi) is 5.67. The molecule has 1 aromatic carbocycles. The number of methoxy groups -OCH3 is 1. The lowest BCUT2D eigenvalue weighted by molar-refractivity contribution is 0.163. The first-order valence-electron chi connectivity index (χ1n) is 5.49. The average Bonchev–Trinajstić information content (AvgIpc) is 2.29. The van der Waals surface area contributed by atoms with Gasteiger partial charge in [-0.05, 0) is 31.3 Å². The average molecular weight is 223 g/mol. The van der Waals surface area contributed by atoms with E-state index in [9.17, 15) is 0 Å². The van der Waals surface area contributed by atoms with Gasteiger partial charge in [-0.15, -0.1) is 0 Å². The Hall–Kier alpha value is -1.26. The lowest BCUT2D eigenvalue weighted by Gasteiger charge is -2.16. The lowest BCUT2D eigenvalue weighted by Crippen LogP contribution is -2.28. The summed E-state index contributed by atoms with van der Waals surface area (Å²) in [5.74, 6) is 0. The molecule has 0 aliphatic rings. The highest BCUT2D eigenvalue weighted by Crippen LogP contribution is 2.09. The van der Waals surface area contributed by atoms with Crippen molar-refractivity contribution < 1.29 is 4.74 Å². The largest absolute Gasteiger partial charge is 0.399 e. The van der Waals surface area contributed by atoms with E-state index in [-0.39, 0.29) is 0 Å². The molecule has 0 amide bonds. The number of nitrogens with zero attached hydrogens (tertiary/aromatic N) is 1. The molecule has 0 fully saturated rings. The lowest BCUT2D eigenvalue weighted by atomic mass is 10.3. The van der Waals surface area contributed by atoms with Crippen LogP contribution < -0.4 is 11.1 Å². The van der Waals surface area contributed by atoms with Crippen molar-refractivity contribution in [3.8, 4) is 0 Å². The molecule has 0 heterocycles. The maximum Gasteiger partial charge on any atom is 0.0589 e. The van der Waals surface area contributed by atoms with E-state index in [1.807, 2.05) is 24.3 Å². The molecule has 90 valence electrons. The Labute approximate surface area is 97.4 Å². The van der Waals surface area contributed by atoms with Crippen LogP contribution in [0.5, 0.6) is 0 Å². The van der Waals surface area contributed by atoms with E-state index in [0.717, 1.165) is 37.6 Å². The number of nitrogens with one attached hydrogen (secondary N) is 1. The molecule has 1 rings (SSSR count). The van der Waals surface area contributed by atoms with Crippen molar-refractivity contribution in [3.05, 3.63) is 24.3 Å². The highest BCUT2D eigenvalue weighted by Gasteiger charge is 1.97. The fourth-order valence-corrected chi connectivity index (χ4v) is 1.35. The molecular formula is C12H21N3O. The fourth-order valence-electron chi connectivity index (χ4n) is 1.35. The number of rotatable bonds is 7. The predicted octanol–water partition coefficient (Wildman–Crippen LogP) is 1.26. The normalized spacial score (nSPS) is 10.7. The summed E-state index contributed by atoms with van der Waals surface area (Å²) in [6.45, 7) is 3.65. The molecule has 4 nitrogen and oxygen atoms in total. The van der Waals surface area contributed by atoms with E-state index >= 15 is 0 Å². The zero-order valence-electron chi connectivity index (χ0n) is 10.1. The molecule has 0 bridgehead atoms. The van der Waals surface area contributed by atoms with Gasteiger partial charge in [-0.1, -0.05) is 0 Å². The number of hydrogen-bond acceptors (Lipinski definition) is 4. The van der Waals surface area contributed by atoms with Crippen LogP contribution in [0.1, 0.15) is 0 Å². The van der Waals surface area contributed by atoms with Crippen molar-refractivity contribution in [1.82, 2.24) is 4.90 Å². The van der Waals surface area contributed by atoms with E-state index in [1.54, 1.807) is 7.11 Å². The molecule has 0 atom stereocenters. The molecule has 3 N–H and O–H groups in total. The van der Waals surface area contributed by atoms with Crippen molar-refractivity contribution in [1.29, 1.82) is 0 Å². The summed E-state index contributed by atoms with van der Waals surface area (Å²) in [6, 6.07) is 7.78. The quantitative estimate of drug-likeness (QED) is 0.683. The van der Waals surface area contributed by atoms with Gasteiger partial charge in [0.25, 0.3) is 0 Å². The van der Waals surface area contributed by atoms with Crippen molar-refractivity contribution in [2.75, 3.05) is 51.4 Å². The zero-order valence-corrected chi connectivity index (χ0v) is 10.1. The van der Waals surface area contributed by atoms with E-state index in [0.29, 0.717) is 0 Å². The third-order valence-electron chi connectivity index (χ3n) is 2.41. The fraction of sp³-hybridized carbons (Fsp3) is 0.500. The van der Waals surface area contributed by atoms with Gasteiger partial charge in [0.2, 0.25) is 0 Å².